The summed E-state index contributed by atoms with van der Waals surface area (Å²) in [6.07, 6.45) is -4.12. The van der Waals surface area contributed by atoms with E-state index >= 15 is 0 Å². The van der Waals surface area contributed by atoms with Gasteiger partial charge in [-0.1, -0.05) is 16.8 Å². The molecule has 0 unspecified atom stereocenters. The quantitative estimate of drug-likeness (QED) is 0.383. The van der Waals surface area contributed by atoms with E-state index in [4.69, 9.17) is 16.8 Å². The normalized spacial score (nSPS) is 12.1. The van der Waals surface area contributed by atoms with E-state index < -0.39 is 34.6 Å². The molecule has 0 saturated heterocycles. The molecule has 0 aliphatic carbocycles. The number of aromatic nitrogens is 2. The monoisotopic (exact) mass is 365 g/mol. The molecular weight excluding hydrogens is 358 g/mol. The van der Waals surface area contributed by atoms with Crippen molar-refractivity contribution in [3.05, 3.63) is 61.1 Å². The van der Waals surface area contributed by atoms with Crippen LogP contribution in [0.5, 0.6) is 0 Å². The molecular formula is C13H8ClF4N3O3. The lowest BCUT2D eigenvalue weighted by molar-refractivity contribution is -0.144. The molecule has 128 valence electrons. The van der Waals surface area contributed by atoms with Crippen LogP contribution >= 0.6 is 11.6 Å². The number of hydrogen-bond donors (Lipinski definition) is 1. The highest BCUT2D eigenvalue weighted by atomic mass is 35.5. The Bertz CT molecular complexity index is 947. The third-order valence-electron chi connectivity index (χ3n) is 3.11. The third kappa shape index (κ3) is 3.04. The fraction of sp³-hybridized carbons (Fsp3) is 0.154. The van der Waals surface area contributed by atoms with Crippen LogP contribution in [-0.2, 0) is 13.2 Å². The maximum Gasteiger partial charge on any atom is 0.431 e. The van der Waals surface area contributed by atoms with E-state index in [0.717, 1.165) is 25.4 Å². The van der Waals surface area contributed by atoms with Gasteiger partial charge in [-0.25, -0.2) is 13.8 Å². The molecule has 0 radical (unpaired) electrons. The summed E-state index contributed by atoms with van der Waals surface area (Å²) in [6.45, 7) is 0. The second-order valence-corrected chi connectivity index (χ2v) is 5.02. The van der Waals surface area contributed by atoms with Gasteiger partial charge in [0.15, 0.2) is 0 Å². The van der Waals surface area contributed by atoms with Gasteiger partial charge >= 0.3 is 11.9 Å². The van der Waals surface area contributed by atoms with E-state index in [2.05, 4.69) is 5.16 Å². The van der Waals surface area contributed by atoms with Crippen LogP contribution in [0.3, 0.4) is 0 Å². The molecule has 0 amide bonds. The molecule has 1 heterocycles. The Morgan fingerprint density at radius 3 is 2.42 bits per heavy atom. The van der Waals surface area contributed by atoms with Gasteiger partial charge < -0.3 is 5.21 Å². The van der Waals surface area contributed by atoms with Crippen molar-refractivity contribution < 1.29 is 22.8 Å². The summed E-state index contributed by atoms with van der Waals surface area (Å²) in [7, 11) is 0.797. The Balaban J connectivity index is 2.85. The largest absolute Gasteiger partial charge is 0.431 e. The molecule has 6 nitrogen and oxygen atoms in total. The first-order valence-corrected chi connectivity index (χ1v) is 6.53. The number of oxime groups is 1. The lowest BCUT2D eigenvalue weighted by Gasteiger charge is -2.14. The number of alkyl halides is 3. The maximum atomic E-state index is 14.1. The second-order valence-electron chi connectivity index (χ2n) is 4.61. The van der Waals surface area contributed by atoms with Crippen LogP contribution in [0.15, 0.2) is 32.9 Å². The van der Waals surface area contributed by atoms with Crippen molar-refractivity contribution in [1.29, 1.82) is 0 Å². The lowest BCUT2D eigenvalue weighted by Crippen LogP contribution is -2.41. The van der Waals surface area contributed by atoms with Crippen LogP contribution in [0.25, 0.3) is 5.69 Å². The summed E-state index contributed by atoms with van der Waals surface area (Å²) >= 11 is 5.70. The molecule has 0 saturated carbocycles. The maximum absolute atomic E-state index is 14.1. The van der Waals surface area contributed by atoms with Gasteiger partial charge in [-0.2, -0.15) is 13.2 Å². The van der Waals surface area contributed by atoms with Crippen molar-refractivity contribution in [2.24, 2.45) is 12.2 Å². The zero-order valence-corrected chi connectivity index (χ0v) is 12.6. The first-order valence-electron chi connectivity index (χ1n) is 6.15. The van der Waals surface area contributed by atoms with E-state index in [9.17, 15) is 27.2 Å². The zero-order valence-electron chi connectivity index (χ0n) is 11.8. The van der Waals surface area contributed by atoms with Crippen LogP contribution in [0.1, 0.15) is 11.3 Å². The van der Waals surface area contributed by atoms with E-state index in [0.29, 0.717) is 0 Å². The molecule has 0 spiro atoms. The van der Waals surface area contributed by atoms with Gasteiger partial charge in [0.05, 0.1) is 16.9 Å². The fourth-order valence-electron chi connectivity index (χ4n) is 2.01. The van der Waals surface area contributed by atoms with Gasteiger partial charge in [-0.3, -0.25) is 9.36 Å². The van der Waals surface area contributed by atoms with Crippen molar-refractivity contribution in [2.45, 2.75) is 6.18 Å². The molecule has 0 atom stereocenters. The average molecular weight is 366 g/mol. The van der Waals surface area contributed by atoms with Gasteiger partial charge in [-0.05, 0) is 12.1 Å². The topological polar surface area (TPSA) is 76.6 Å². The molecule has 0 bridgehead atoms. The number of nitrogens with zero attached hydrogens (tertiary/aromatic N) is 3. The zero-order chi connectivity index (χ0) is 18.2. The molecule has 11 heteroatoms. The van der Waals surface area contributed by atoms with E-state index in [1.165, 1.54) is 0 Å². The van der Waals surface area contributed by atoms with Gasteiger partial charge in [-0.15, -0.1) is 0 Å². The highest BCUT2D eigenvalue weighted by Crippen LogP contribution is 2.27. The van der Waals surface area contributed by atoms with Gasteiger partial charge in [0.25, 0.3) is 5.56 Å². The fourth-order valence-corrected chi connectivity index (χ4v) is 2.20. The summed E-state index contributed by atoms with van der Waals surface area (Å²) in [4.78, 5) is 24.0. The van der Waals surface area contributed by atoms with Crippen LogP contribution in [0.4, 0.5) is 17.6 Å². The first-order chi connectivity index (χ1) is 11.1. The highest BCUT2D eigenvalue weighted by molar-refractivity contribution is 6.33. The van der Waals surface area contributed by atoms with Gasteiger partial charge in [0, 0.05) is 18.7 Å². The Morgan fingerprint density at radius 2 is 1.88 bits per heavy atom. The number of rotatable bonds is 2. The Hall–Kier alpha value is -2.62. The second kappa shape index (κ2) is 6.11. The number of halogens is 5. The molecule has 1 aromatic heterocycles. The van der Waals surface area contributed by atoms with Crippen LogP contribution in [-0.4, -0.2) is 20.6 Å². The molecule has 2 rings (SSSR count). The number of hydrogen-bond acceptors (Lipinski definition) is 4. The summed E-state index contributed by atoms with van der Waals surface area (Å²) in [5, 5.41) is 11.0. The van der Waals surface area contributed by atoms with Gasteiger partial charge in [0.2, 0.25) is 0 Å². The summed E-state index contributed by atoms with van der Waals surface area (Å²) in [5.74, 6) is -1.12. The van der Waals surface area contributed by atoms with Crippen LogP contribution in [0, 0.1) is 5.82 Å². The number of benzene rings is 1. The SMILES string of the molecule is Cn1c(C(F)(F)F)cc(=O)n(-c2cc(/C=N/O)c(Cl)cc2F)c1=O. The van der Waals surface area contributed by atoms with Crippen LogP contribution in [0.2, 0.25) is 5.02 Å². The van der Waals surface area contributed by atoms with Crippen molar-refractivity contribution in [3.63, 3.8) is 0 Å². The van der Waals surface area contributed by atoms with Crippen molar-refractivity contribution >= 4 is 17.8 Å². The van der Waals surface area contributed by atoms with E-state index in [1.54, 1.807) is 0 Å². The van der Waals surface area contributed by atoms with E-state index in [-0.39, 0.29) is 25.8 Å². The molecule has 24 heavy (non-hydrogen) atoms. The van der Waals surface area contributed by atoms with Crippen molar-refractivity contribution in [2.75, 3.05) is 0 Å². The minimum Gasteiger partial charge on any atom is -0.411 e. The highest BCUT2D eigenvalue weighted by Gasteiger charge is 2.35. The molecule has 0 aliphatic heterocycles. The molecule has 1 N–H and O–H groups in total. The standard InChI is InChI=1S/C13H8ClF4N3O3/c1-20-10(13(16,17)18)4-11(22)21(12(20)23)9-2-6(5-19-24)7(14)3-8(9)15/h2-5,24H,1H3/b19-5+. The Labute approximate surface area is 135 Å². The minimum atomic E-state index is -4.93. The summed E-state index contributed by atoms with van der Waals surface area (Å²) in [6, 6.07) is 1.81. The molecule has 0 fully saturated rings. The minimum absolute atomic E-state index is 0.0515. The average Bonchev–Trinajstić information content (AvgIpc) is 2.46. The predicted molar refractivity (Wildman–Crippen MR) is 76.6 cm³/mol. The lowest BCUT2D eigenvalue weighted by atomic mass is 10.2. The molecule has 0 aliphatic rings. The third-order valence-corrected chi connectivity index (χ3v) is 3.44. The molecule has 1 aromatic carbocycles. The Morgan fingerprint density at radius 1 is 1.25 bits per heavy atom. The van der Waals surface area contributed by atoms with E-state index in [1.807, 2.05) is 0 Å². The summed E-state index contributed by atoms with van der Waals surface area (Å²) in [5.41, 5.74) is -4.93. The first kappa shape index (κ1) is 17.7. The van der Waals surface area contributed by atoms with Crippen molar-refractivity contribution in [3.8, 4) is 5.69 Å². The van der Waals surface area contributed by atoms with Crippen LogP contribution < -0.4 is 11.2 Å². The summed E-state index contributed by atoms with van der Waals surface area (Å²) < 4.78 is 52.8. The molecule has 2 aromatic rings. The van der Waals surface area contributed by atoms with Gasteiger partial charge in [0.1, 0.15) is 11.5 Å². The van der Waals surface area contributed by atoms with Crippen molar-refractivity contribution in [1.82, 2.24) is 9.13 Å². The smallest absolute Gasteiger partial charge is 0.411 e. The Kier molecular flexibility index (Phi) is 4.52. The predicted octanol–water partition coefficient (Wildman–Crippen LogP) is 2.16.